The maximum atomic E-state index is 12.9. The van der Waals surface area contributed by atoms with Gasteiger partial charge in [0.15, 0.2) is 5.16 Å². The van der Waals surface area contributed by atoms with Gasteiger partial charge in [0, 0.05) is 17.6 Å². The van der Waals surface area contributed by atoms with Gasteiger partial charge in [-0.2, -0.15) is 0 Å². The zero-order valence-corrected chi connectivity index (χ0v) is 17.3. The first-order valence-corrected chi connectivity index (χ1v) is 10.3. The Labute approximate surface area is 163 Å². The fourth-order valence-electron chi connectivity index (χ4n) is 2.76. The number of rotatable bonds is 8. The molecule has 0 fully saturated rings. The van der Waals surface area contributed by atoms with E-state index in [1.54, 1.807) is 22.8 Å². The third kappa shape index (κ3) is 5.48. The highest BCUT2D eigenvalue weighted by Crippen LogP contribution is 2.21. The first-order valence-electron chi connectivity index (χ1n) is 8.94. The number of hydrogen-bond acceptors (Lipinski definition) is 4. The second kappa shape index (κ2) is 9.42. The Hall–Kier alpha value is -1.53. The van der Waals surface area contributed by atoms with E-state index in [1.165, 1.54) is 11.8 Å². The molecule has 0 aliphatic rings. The van der Waals surface area contributed by atoms with Gasteiger partial charge in [0.25, 0.3) is 5.56 Å². The Morgan fingerprint density at radius 2 is 2.08 bits per heavy atom. The third-order valence-electron chi connectivity index (χ3n) is 3.89. The molecule has 0 aliphatic heterocycles. The van der Waals surface area contributed by atoms with Gasteiger partial charge in [-0.05, 0) is 37.5 Å². The van der Waals surface area contributed by atoms with Crippen LogP contribution in [-0.2, 0) is 11.3 Å². The van der Waals surface area contributed by atoms with Crippen molar-refractivity contribution in [1.82, 2.24) is 14.9 Å². The van der Waals surface area contributed by atoms with Crippen molar-refractivity contribution in [1.29, 1.82) is 0 Å². The number of amides is 1. The monoisotopic (exact) mass is 395 g/mol. The lowest BCUT2D eigenvalue weighted by atomic mass is 10.2. The summed E-state index contributed by atoms with van der Waals surface area (Å²) in [6.45, 7) is 8.72. The molecule has 0 unspecified atom stereocenters. The standard InChI is InChI=1S/C19H26ClN3O2S/c1-5-6-13(4)21-17(24)11-26-19-22-16-8-7-14(20)9-15(16)18(25)23(19)10-12(2)3/h7-9,12-13H,5-6,10-11H2,1-4H3,(H,21,24)/t13-/m1/s1. The van der Waals surface area contributed by atoms with Crippen molar-refractivity contribution in [2.24, 2.45) is 5.92 Å². The van der Waals surface area contributed by atoms with E-state index in [4.69, 9.17) is 11.6 Å². The van der Waals surface area contributed by atoms with Crippen molar-refractivity contribution < 1.29 is 4.79 Å². The molecule has 142 valence electrons. The van der Waals surface area contributed by atoms with Gasteiger partial charge in [-0.1, -0.05) is 50.6 Å². The van der Waals surface area contributed by atoms with Crippen LogP contribution in [0.5, 0.6) is 0 Å². The predicted molar refractivity (Wildman–Crippen MR) is 109 cm³/mol. The lowest BCUT2D eigenvalue weighted by Crippen LogP contribution is -2.34. The molecule has 1 aromatic carbocycles. The molecule has 0 saturated heterocycles. The second-order valence-corrected chi connectivity index (χ2v) is 8.29. The van der Waals surface area contributed by atoms with E-state index in [0.717, 1.165) is 12.8 Å². The number of carbonyl (C=O) groups is 1. The van der Waals surface area contributed by atoms with Crippen LogP contribution in [0.1, 0.15) is 40.5 Å². The van der Waals surface area contributed by atoms with Crippen LogP contribution >= 0.6 is 23.4 Å². The first-order chi connectivity index (χ1) is 12.3. The van der Waals surface area contributed by atoms with Crippen LogP contribution in [0.2, 0.25) is 5.02 Å². The SMILES string of the molecule is CCC[C@@H](C)NC(=O)CSc1nc2ccc(Cl)cc2c(=O)n1CC(C)C. The fraction of sp³-hybridized carbons (Fsp3) is 0.526. The van der Waals surface area contributed by atoms with E-state index in [2.05, 4.69) is 17.2 Å². The molecule has 1 aromatic heterocycles. The van der Waals surface area contributed by atoms with Gasteiger partial charge in [-0.3, -0.25) is 14.2 Å². The maximum Gasteiger partial charge on any atom is 0.262 e. The van der Waals surface area contributed by atoms with E-state index >= 15 is 0 Å². The molecule has 5 nitrogen and oxygen atoms in total. The van der Waals surface area contributed by atoms with E-state index in [9.17, 15) is 9.59 Å². The van der Waals surface area contributed by atoms with Gasteiger partial charge >= 0.3 is 0 Å². The summed E-state index contributed by atoms with van der Waals surface area (Å²) < 4.78 is 1.65. The minimum absolute atomic E-state index is 0.0440. The van der Waals surface area contributed by atoms with Crippen LogP contribution in [-0.4, -0.2) is 27.3 Å². The molecule has 7 heteroatoms. The molecule has 0 radical (unpaired) electrons. The lowest BCUT2D eigenvalue weighted by molar-refractivity contribution is -0.119. The van der Waals surface area contributed by atoms with Gasteiger partial charge < -0.3 is 5.32 Å². The van der Waals surface area contributed by atoms with Gasteiger partial charge in [0.1, 0.15) is 0 Å². The number of carbonyl (C=O) groups excluding carboxylic acids is 1. The summed E-state index contributed by atoms with van der Waals surface area (Å²) in [5.74, 6) is 0.471. The molecule has 1 atom stereocenters. The van der Waals surface area contributed by atoms with Crippen molar-refractivity contribution in [3.8, 4) is 0 Å². The van der Waals surface area contributed by atoms with Crippen LogP contribution in [0.4, 0.5) is 0 Å². The summed E-state index contributed by atoms with van der Waals surface area (Å²) in [4.78, 5) is 29.7. The topological polar surface area (TPSA) is 64.0 Å². The minimum Gasteiger partial charge on any atom is -0.353 e. The molecule has 2 aromatic rings. The van der Waals surface area contributed by atoms with Crippen LogP contribution in [0, 0.1) is 5.92 Å². The number of halogens is 1. The highest BCUT2D eigenvalue weighted by atomic mass is 35.5. The molecule has 1 amide bonds. The Kier molecular flexibility index (Phi) is 7.53. The summed E-state index contributed by atoms with van der Waals surface area (Å²) in [6, 6.07) is 5.26. The van der Waals surface area contributed by atoms with Crippen molar-refractivity contribution in [3.63, 3.8) is 0 Å². The van der Waals surface area contributed by atoms with Crippen molar-refractivity contribution in [2.75, 3.05) is 5.75 Å². The fourth-order valence-corrected chi connectivity index (χ4v) is 3.75. The van der Waals surface area contributed by atoms with Crippen molar-refractivity contribution in [2.45, 2.75) is 58.3 Å². The number of aromatic nitrogens is 2. The van der Waals surface area contributed by atoms with Crippen LogP contribution < -0.4 is 10.9 Å². The number of hydrogen-bond donors (Lipinski definition) is 1. The van der Waals surface area contributed by atoms with Crippen molar-refractivity contribution >= 4 is 40.2 Å². The van der Waals surface area contributed by atoms with Gasteiger partial charge in [0.05, 0.1) is 16.7 Å². The summed E-state index contributed by atoms with van der Waals surface area (Å²) >= 11 is 7.33. The highest BCUT2D eigenvalue weighted by Gasteiger charge is 2.15. The highest BCUT2D eigenvalue weighted by molar-refractivity contribution is 7.99. The molecular weight excluding hydrogens is 370 g/mol. The number of fused-ring (bicyclic) bond motifs is 1. The molecule has 1 N–H and O–H groups in total. The van der Waals surface area contributed by atoms with E-state index in [1.807, 2.05) is 20.8 Å². The van der Waals surface area contributed by atoms with Crippen molar-refractivity contribution in [3.05, 3.63) is 33.6 Å². The molecule has 0 saturated carbocycles. The number of nitrogens with zero attached hydrogens (tertiary/aromatic N) is 2. The third-order valence-corrected chi connectivity index (χ3v) is 5.10. The predicted octanol–water partition coefficient (Wildman–Crippen LogP) is 4.10. The average Bonchev–Trinajstić information content (AvgIpc) is 2.56. The molecular formula is C19H26ClN3O2S. The van der Waals surface area contributed by atoms with E-state index in [-0.39, 0.29) is 29.2 Å². The molecule has 1 heterocycles. The quantitative estimate of drug-likeness (QED) is 0.539. The lowest BCUT2D eigenvalue weighted by Gasteiger charge is -2.16. The Balaban J connectivity index is 2.28. The summed E-state index contributed by atoms with van der Waals surface area (Å²) in [5.41, 5.74) is 0.482. The molecule has 0 spiro atoms. The van der Waals surface area contributed by atoms with E-state index in [0.29, 0.717) is 27.6 Å². The summed E-state index contributed by atoms with van der Waals surface area (Å²) in [6.07, 6.45) is 1.97. The molecule has 26 heavy (non-hydrogen) atoms. The molecule has 0 bridgehead atoms. The second-order valence-electron chi connectivity index (χ2n) is 6.91. The minimum atomic E-state index is -0.117. The average molecular weight is 396 g/mol. The number of benzene rings is 1. The summed E-state index contributed by atoms with van der Waals surface area (Å²) in [5, 5.41) is 4.56. The maximum absolute atomic E-state index is 12.9. The van der Waals surface area contributed by atoms with Crippen LogP contribution in [0.15, 0.2) is 28.2 Å². The first kappa shape index (κ1) is 20.8. The number of nitrogens with one attached hydrogen (secondary N) is 1. The Morgan fingerprint density at radius 1 is 1.35 bits per heavy atom. The molecule has 0 aliphatic carbocycles. The van der Waals surface area contributed by atoms with Crippen LogP contribution in [0.3, 0.4) is 0 Å². The van der Waals surface area contributed by atoms with E-state index < -0.39 is 0 Å². The van der Waals surface area contributed by atoms with Gasteiger partial charge in [-0.25, -0.2) is 4.98 Å². The zero-order chi connectivity index (χ0) is 19.3. The Morgan fingerprint density at radius 3 is 2.73 bits per heavy atom. The normalized spacial score (nSPS) is 12.5. The summed E-state index contributed by atoms with van der Waals surface area (Å²) in [7, 11) is 0. The van der Waals surface area contributed by atoms with Gasteiger partial charge in [0.2, 0.25) is 5.91 Å². The smallest absolute Gasteiger partial charge is 0.262 e. The van der Waals surface area contributed by atoms with Crippen LogP contribution in [0.25, 0.3) is 10.9 Å². The van der Waals surface area contributed by atoms with Gasteiger partial charge in [-0.15, -0.1) is 0 Å². The Bertz CT molecular complexity index is 835. The number of thioether (sulfide) groups is 1. The zero-order valence-electron chi connectivity index (χ0n) is 15.7. The largest absolute Gasteiger partial charge is 0.353 e. The molecule has 2 rings (SSSR count).